The van der Waals surface area contributed by atoms with Crippen LogP contribution >= 0.6 is 0 Å². The van der Waals surface area contributed by atoms with Gasteiger partial charge in [0.2, 0.25) is 0 Å². The van der Waals surface area contributed by atoms with Gasteiger partial charge in [0.15, 0.2) is 0 Å². The fraction of sp³-hybridized carbons (Fsp3) is 0.125. The van der Waals surface area contributed by atoms with Crippen molar-refractivity contribution in [2.45, 2.75) is 0 Å². The van der Waals surface area contributed by atoms with Crippen LogP contribution in [0.1, 0.15) is 0 Å². The molecule has 0 fully saturated rings. The van der Waals surface area contributed by atoms with Crippen molar-refractivity contribution in [3.8, 4) is 5.95 Å². The van der Waals surface area contributed by atoms with Gasteiger partial charge in [-0.1, -0.05) is 0 Å². The normalized spacial score (nSPS) is 10.3. The van der Waals surface area contributed by atoms with Gasteiger partial charge in [0.1, 0.15) is 6.26 Å². The largest absolute Gasteiger partial charge is 0.468 e. The lowest BCUT2D eigenvalue weighted by atomic mass is 10.3. The maximum Gasteiger partial charge on any atom is 0.292 e. The highest BCUT2D eigenvalue weighted by Gasteiger charge is 2.03. The molecule has 0 atom stereocenters. The van der Waals surface area contributed by atoms with Crippen LogP contribution in [0.15, 0.2) is 29.1 Å². The summed E-state index contributed by atoms with van der Waals surface area (Å²) >= 11 is 0. The van der Waals surface area contributed by atoms with E-state index in [4.69, 9.17) is 9.15 Å². The Hall–Kier alpha value is -1.51. The molecule has 0 saturated heterocycles. The predicted molar refractivity (Wildman–Crippen MR) is 40.6 cm³/mol. The second-order valence-electron chi connectivity index (χ2n) is 2.19. The van der Waals surface area contributed by atoms with Crippen molar-refractivity contribution < 1.29 is 9.15 Å². The van der Waals surface area contributed by atoms with Crippen LogP contribution in [-0.2, 0) is 0 Å². The lowest BCUT2D eigenvalue weighted by Gasteiger charge is -1.91. The summed E-state index contributed by atoms with van der Waals surface area (Å²) in [5.41, 5.74) is 0. The van der Waals surface area contributed by atoms with Gasteiger partial charge in [0.05, 0.1) is 12.5 Å². The Morgan fingerprint density at radius 3 is 3.27 bits per heavy atom. The van der Waals surface area contributed by atoms with Gasteiger partial charge in [-0.05, 0) is 6.07 Å². The number of ether oxygens (including phenoxy) is 1. The van der Waals surface area contributed by atoms with Crippen LogP contribution in [0.25, 0.3) is 10.8 Å². The summed E-state index contributed by atoms with van der Waals surface area (Å²) < 4.78 is 10.1. The molecular weight excluding hydrogens is 142 g/mol. The Balaban J connectivity index is 2.76. The summed E-state index contributed by atoms with van der Waals surface area (Å²) in [6.07, 6.45) is 5.07. The number of methoxy groups -OCH3 is 1. The zero-order valence-corrected chi connectivity index (χ0v) is 6.07. The van der Waals surface area contributed by atoms with Crippen LogP contribution in [0.4, 0.5) is 0 Å². The second kappa shape index (κ2) is 2.27. The van der Waals surface area contributed by atoms with E-state index in [1.54, 1.807) is 25.8 Å². The van der Waals surface area contributed by atoms with E-state index >= 15 is 0 Å². The van der Waals surface area contributed by atoms with Crippen LogP contribution in [0.3, 0.4) is 0 Å². The Bertz CT molecular complexity index is 367. The van der Waals surface area contributed by atoms with Gasteiger partial charge in [-0.2, -0.15) is 0 Å². The topological polar surface area (TPSA) is 35.3 Å². The van der Waals surface area contributed by atoms with Crippen molar-refractivity contribution >= 4 is 10.8 Å². The van der Waals surface area contributed by atoms with Gasteiger partial charge in [-0.3, -0.25) is 4.98 Å². The van der Waals surface area contributed by atoms with Crippen LogP contribution in [0.5, 0.6) is 5.95 Å². The van der Waals surface area contributed by atoms with Crippen LogP contribution < -0.4 is 4.74 Å². The molecule has 0 unspecified atom stereocenters. The quantitative estimate of drug-likeness (QED) is 0.620. The molecule has 0 aliphatic heterocycles. The summed E-state index contributed by atoms with van der Waals surface area (Å²) in [4.78, 5) is 3.94. The number of fused-ring (bicyclic) bond motifs is 1. The smallest absolute Gasteiger partial charge is 0.292 e. The van der Waals surface area contributed by atoms with Gasteiger partial charge >= 0.3 is 0 Å². The van der Waals surface area contributed by atoms with Crippen molar-refractivity contribution in [1.82, 2.24) is 4.98 Å². The summed E-state index contributed by atoms with van der Waals surface area (Å²) in [5.74, 6) is 0.544. The van der Waals surface area contributed by atoms with Crippen LogP contribution in [0, 0.1) is 0 Å². The van der Waals surface area contributed by atoms with Gasteiger partial charge in [0.25, 0.3) is 5.95 Å². The maximum absolute atomic E-state index is 5.10. The molecule has 0 N–H and O–H groups in total. The molecule has 0 spiro atoms. The molecule has 2 heterocycles. The highest BCUT2D eigenvalue weighted by molar-refractivity contribution is 5.85. The lowest BCUT2D eigenvalue weighted by molar-refractivity contribution is 0.309. The minimum absolute atomic E-state index is 0.544. The van der Waals surface area contributed by atoms with E-state index < -0.39 is 0 Å². The Kier molecular flexibility index (Phi) is 1.28. The molecule has 3 nitrogen and oxygen atoms in total. The summed E-state index contributed by atoms with van der Waals surface area (Å²) in [6.45, 7) is 0. The summed E-state index contributed by atoms with van der Waals surface area (Å²) in [6, 6.07) is 1.86. The molecule has 0 bridgehead atoms. The first kappa shape index (κ1) is 6.22. The monoisotopic (exact) mass is 149 g/mol. The number of rotatable bonds is 1. The molecule has 3 heteroatoms. The van der Waals surface area contributed by atoms with Crippen molar-refractivity contribution in [2.24, 2.45) is 0 Å². The molecule has 0 aliphatic carbocycles. The highest BCUT2D eigenvalue weighted by atomic mass is 16.6. The minimum atomic E-state index is 0.544. The molecule has 11 heavy (non-hydrogen) atoms. The van der Waals surface area contributed by atoms with Gasteiger partial charge in [-0.25, -0.2) is 0 Å². The van der Waals surface area contributed by atoms with E-state index in [0.29, 0.717) is 5.95 Å². The van der Waals surface area contributed by atoms with Crippen molar-refractivity contribution in [3.05, 3.63) is 24.7 Å². The summed E-state index contributed by atoms with van der Waals surface area (Å²) in [7, 11) is 1.58. The first-order chi connectivity index (χ1) is 5.42. The third kappa shape index (κ3) is 0.852. The Morgan fingerprint density at radius 1 is 1.55 bits per heavy atom. The molecule has 0 aliphatic rings. The zero-order valence-electron chi connectivity index (χ0n) is 6.07. The molecule has 0 radical (unpaired) electrons. The summed E-state index contributed by atoms with van der Waals surface area (Å²) in [5, 5.41) is 1.92. The minimum Gasteiger partial charge on any atom is -0.468 e. The zero-order chi connectivity index (χ0) is 7.68. The SMILES string of the molecule is COc1occ2cnccc12. The van der Waals surface area contributed by atoms with E-state index in [-0.39, 0.29) is 0 Å². The first-order valence-corrected chi connectivity index (χ1v) is 3.27. The Labute approximate surface area is 63.6 Å². The van der Waals surface area contributed by atoms with Crippen molar-refractivity contribution in [3.63, 3.8) is 0 Å². The first-order valence-electron chi connectivity index (χ1n) is 3.27. The second-order valence-corrected chi connectivity index (χ2v) is 2.19. The van der Waals surface area contributed by atoms with E-state index in [1.165, 1.54) is 0 Å². The fourth-order valence-electron chi connectivity index (χ4n) is 1.03. The predicted octanol–water partition coefficient (Wildman–Crippen LogP) is 1.84. The maximum atomic E-state index is 5.10. The number of hydrogen-bond donors (Lipinski definition) is 0. The van der Waals surface area contributed by atoms with E-state index in [9.17, 15) is 0 Å². The molecule has 0 amide bonds. The molecule has 0 saturated carbocycles. The van der Waals surface area contributed by atoms with Crippen LogP contribution in [0.2, 0.25) is 0 Å². The number of aromatic nitrogens is 1. The molecular formula is C8H7NO2. The Morgan fingerprint density at radius 2 is 2.45 bits per heavy atom. The third-order valence-electron chi connectivity index (χ3n) is 1.55. The van der Waals surface area contributed by atoms with Crippen molar-refractivity contribution in [1.29, 1.82) is 0 Å². The molecule has 2 aromatic heterocycles. The van der Waals surface area contributed by atoms with Gasteiger partial charge < -0.3 is 9.15 Å². The average molecular weight is 149 g/mol. The molecule has 0 aromatic carbocycles. The standard InChI is InChI=1S/C8H7NO2/c1-10-8-7-2-3-9-4-6(7)5-11-8/h2-5H,1H3. The number of furan rings is 1. The van der Waals surface area contributed by atoms with Gasteiger partial charge in [-0.15, -0.1) is 0 Å². The van der Waals surface area contributed by atoms with E-state index in [0.717, 1.165) is 10.8 Å². The van der Waals surface area contributed by atoms with Gasteiger partial charge in [0, 0.05) is 17.8 Å². The lowest BCUT2D eigenvalue weighted by Crippen LogP contribution is -1.78. The van der Waals surface area contributed by atoms with Crippen LogP contribution in [-0.4, -0.2) is 12.1 Å². The van der Waals surface area contributed by atoms with Crippen molar-refractivity contribution in [2.75, 3.05) is 7.11 Å². The van der Waals surface area contributed by atoms with E-state index in [1.807, 2.05) is 6.07 Å². The number of hydrogen-bond acceptors (Lipinski definition) is 3. The number of pyridine rings is 1. The molecule has 56 valence electrons. The average Bonchev–Trinajstić information content (AvgIpc) is 2.47. The third-order valence-corrected chi connectivity index (χ3v) is 1.55. The van der Waals surface area contributed by atoms with E-state index in [2.05, 4.69) is 4.98 Å². The molecule has 2 aromatic rings. The molecule has 2 rings (SSSR count). The fourth-order valence-corrected chi connectivity index (χ4v) is 1.03. The number of nitrogens with zero attached hydrogens (tertiary/aromatic N) is 1. The highest BCUT2D eigenvalue weighted by Crippen LogP contribution is 2.25.